The van der Waals surface area contributed by atoms with Gasteiger partial charge in [0.2, 0.25) is 0 Å². The van der Waals surface area contributed by atoms with Crippen LogP contribution in [0.15, 0.2) is 18.2 Å². The largest absolute Gasteiger partial charge is 0.497 e. The van der Waals surface area contributed by atoms with Crippen molar-refractivity contribution < 1.29 is 9.47 Å². The van der Waals surface area contributed by atoms with Gasteiger partial charge in [-0.05, 0) is 50.3 Å². The highest BCUT2D eigenvalue weighted by molar-refractivity contribution is 5.40. The minimum absolute atomic E-state index is 0.203. The molecule has 1 saturated carbocycles. The lowest BCUT2D eigenvalue weighted by atomic mass is 10.0. The monoisotopic (exact) mass is 292 g/mol. The van der Waals surface area contributed by atoms with E-state index in [-0.39, 0.29) is 6.04 Å². The molecule has 4 heteroatoms. The van der Waals surface area contributed by atoms with Crippen molar-refractivity contribution in [1.29, 1.82) is 0 Å². The van der Waals surface area contributed by atoms with Crippen LogP contribution in [0.25, 0.3) is 0 Å². The lowest BCUT2D eigenvalue weighted by Crippen LogP contribution is -2.40. The molecule has 0 radical (unpaired) electrons. The molecule has 4 nitrogen and oxygen atoms in total. The van der Waals surface area contributed by atoms with Crippen LogP contribution in [0.5, 0.6) is 11.5 Å². The van der Waals surface area contributed by atoms with Gasteiger partial charge in [0, 0.05) is 31.2 Å². The fourth-order valence-electron chi connectivity index (χ4n) is 2.78. The zero-order valence-corrected chi connectivity index (χ0v) is 13.6. The van der Waals surface area contributed by atoms with Gasteiger partial charge in [-0.15, -0.1) is 0 Å². The van der Waals surface area contributed by atoms with Crippen molar-refractivity contribution in [3.05, 3.63) is 23.8 Å². The molecule has 1 aliphatic rings. The van der Waals surface area contributed by atoms with Gasteiger partial charge in [-0.2, -0.15) is 0 Å². The van der Waals surface area contributed by atoms with Crippen LogP contribution in [-0.4, -0.2) is 38.3 Å². The second kappa shape index (κ2) is 7.14. The van der Waals surface area contributed by atoms with E-state index in [1.165, 1.54) is 18.4 Å². The molecule has 2 rings (SSSR count). The van der Waals surface area contributed by atoms with Crippen molar-refractivity contribution in [3.8, 4) is 11.5 Å². The van der Waals surface area contributed by atoms with Crippen molar-refractivity contribution >= 4 is 0 Å². The average Bonchev–Trinajstić information content (AvgIpc) is 3.30. The molecular weight excluding hydrogens is 264 g/mol. The van der Waals surface area contributed by atoms with Crippen LogP contribution in [0.4, 0.5) is 0 Å². The summed E-state index contributed by atoms with van der Waals surface area (Å²) in [6.45, 7) is 6.20. The van der Waals surface area contributed by atoms with Crippen LogP contribution in [0.3, 0.4) is 0 Å². The lowest BCUT2D eigenvalue weighted by molar-refractivity contribution is 0.149. The molecule has 0 spiro atoms. The van der Waals surface area contributed by atoms with Crippen LogP contribution in [-0.2, 0) is 0 Å². The number of methoxy groups -OCH3 is 2. The van der Waals surface area contributed by atoms with Gasteiger partial charge in [0.25, 0.3) is 0 Å². The van der Waals surface area contributed by atoms with Gasteiger partial charge in [0.05, 0.1) is 14.2 Å². The Morgan fingerprint density at radius 2 is 1.71 bits per heavy atom. The summed E-state index contributed by atoms with van der Waals surface area (Å²) in [7, 11) is 3.36. The molecular formula is C17H28N2O2. The number of nitrogens with zero attached hydrogens (tertiary/aromatic N) is 1. The molecule has 1 atom stereocenters. The summed E-state index contributed by atoms with van der Waals surface area (Å²) in [6, 6.07) is 6.72. The number of nitrogens with two attached hydrogens (primary N) is 1. The summed E-state index contributed by atoms with van der Waals surface area (Å²) < 4.78 is 10.8. The maximum Gasteiger partial charge on any atom is 0.122 e. The second-order valence-electron chi connectivity index (χ2n) is 6.13. The molecule has 1 aliphatic carbocycles. The Labute approximate surface area is 128 Å². The van der Waals surface area contributed by atoms with E-state index in [0.29, 0.717) is 12.6 Å². The van der Waals surface area contributed by atoms with Crippen LogP contribution in [0.1, 0.15) is 38.3 Å². The first-order chi connectivity index (χ1) is 10.1. The van der Waals surface area contributed by atoms with Crippen LogP contribution >= 0.6 is 0 Å². The fourth-order valence-corrected chi connectivity index (χ4v) is 2.78. The molecule has 1 fully saturated rings. The zero-order valence-electron chi connectivity index (χ0n) is 13.6. The van der Waals surface area contributed by atoms with Crippen LogP contribution in [0.2, 0.25) is 0 Å². The van der Waals surface area contributed by atoms with Crippen molar-refractivity contribution in [2.24, 2.45) is 11.7 Å². The summed E-state index contributed by atoms with van der Waals surface area (Å²) in [5.41, 5.74) is 7.27. The predicted molar refractivity (Wildman–Crippen MR) is 85.9 cm³/mol. The third kappa shape index (κ3) is 4.11. The first-order valence-corrected chi connectivity index (χ1v) is 7.77. The topological polar surface area (TPSA) is 47.7 Å². The molecule has 1 aromatic carbocycles. The Morgan fingerprint density at radius 1 is 1.14 bits per heavy atom. The number of hydrogen-bond donors (Lipinski definition) is 1. The minimum Gasteiger partial charge on any atom is -0.497 e. The molecule has 0 amide bonds. The maximum absolute atomic E-state index is 6.10. The first kappa shape index (κ1) is 16.1. The third-order valence-electron chi connectivity index (χ3n) is 4.21. The summed E-state index contributed by atoms with van der Waals surface area (Å²) >= 11 is 0. The molecule has 0 heterocycles. The van der Waals surface area contributed by atoms with E-state index in [1.807, 2.05) is 6.07 Å². The summed E-state index contributed by atoms with van der Waals surface area (Å²) in [4.78, 5) is 2.51. The van der Waals surface area contributed by atoms with E-state index >= 15 is 0 Å². The van der Waals surface area contributed by atoms with Gasteiger partial charge < -0.3 is 15.2 Å². The van der Waals surface area contributed by atoms with Gasteiger partial charge in [0.15, 0.2) is 0 Å². The molecule has 0 aromatic heterocycles. The summed E-state index contributed by atoms with van der Waals surface area (Å²) in [6.07, 6.45) is 2.70. The Bertz CT molecular complexity index is 436. The van der Waals surface area contributed by atoms with Crippen molar-refractivity contribution in [2.45, 2.75) is 38.8 Å². The molecule has 1 aromatic rings. The Balaban J connectivity index is 2.28. The summed E-state index contributed by atoms with van der Waals surface area (Å²) in [5, 5.41) is 0. The first-order valence-electron chi connectivity index (χ1n) is 7.77. The predicted octanol–water partition coefficient (Wildman–Crippen LogP) is 2.82. The minimum atomic E-state index is 0.203. The highest BCUT2D eigenvalue weighted by Gasteiger charge is 2.30. The van der Waals surface area contributed by atoms with Crippen molar-refractivity contribution in [1.82, 2.24) is 4.90 Å². The summed E-state index contributed by atoms with van der Waals surface area (Å²) in [5.74, 6) is 2.48. The quantitative estimate of drug-likeness (QED) is 0.800. The number of ether oxygens (including phenoxy) is 2. The second-order valence-corrected chi connectivity index (χ2v) is 6.13. The maximum atomic E-state index is 6.10. The molecule has 2 N–H and O–H groups in total. The highest BCUT2D eigenvalue weighted by Crippen LogP contribution is 2.35. The molecule has 21 heavy (non-hydrogen) atoms. The van der Waals surface area contributed by atoms with E-state index < -0.39 is 0 Å². The molecule has 0 aliphatic heterocycles. The van der Waals surface area contributed by atoms with Gasteiger partial charge >= 0.3 is 0 Å². The van der Waals surface area contributed by atoms with Gasteiger partial charge in [0.1, 0.15) is 11.5 Å². The van der Waals surface area contributed by atoms with E-state index in [9.17, 15) is 0 Å². The Morgan fingerprint density at radius 3 is 2.10 bits per heavy atom. The molecule has 0 bridgehead atoms. The SMILES string of the molecule is COc1cc(OC)cc(C(CN)N(CC2CC2)C(C)C)c1. The van der Waals surface area contributed by atoms with E-state index in [2.05, 4.69) is 30.9 Å². The Hall–Kier alpha value is -1.26. The highest BCUT2D eigenvalue weighted by atomic mass is 16.5. The van der Waals surface area contributed by atoms with Crippen LogP contribution in [0, 0.1) is 5.92 Å². The number of benzene rings is 1. The lowest BCUT2D eigenvalue weighted by Gasteiger charge is -2.35. The van der Waals surface area contributed by atoms with Crippen LogP contribution < -0.4 is 15.2 Å². The van der Waals surface area contributed by atoms with Gasteiger partial charge in [-0.1, -0.05) is 0 Å². The normalized spacial score (nSPS) is 16.3. The smallest absolute Gasteiger partial charge is 0.122 e. The molecule has 118 valence electrons. The van der Waals surface area contributed by atoms with E-state index in [4.69, 9.17) is 15.2 Å². The fraction of sp³-hybridized carbons (Fsp3) is 0.647. The van der Waals surface area contributed by atoms with E-state index in [1.54, 1.807) is 14.2 Å². The van der Waals surface area contributed by atoms with Gasteiger partial charge in [-0.25, -0.2) is 0 Å². The number of rotatable bonds is 8. The Kier molecular flexibility index (Phi) is 5.48. The standard InChI is InChI=1S/C17H28N2O2/c1-12(2)19(11-13-5-6-13)17(10-18)14-7-15(20-3)9-16(8-14)21-4/h7-9,12-13,17H,5-6,10-11,18H2,1-4H3. The zero-order chi connectivity index (χ0) is 15.4. The van der Waals surface area contributed by atoms with Gasteiger partial charge in [-0.3, -0.25) is 4.90 Å². The van der Waals surface area contributed by atoms with Crippen molar-refractivity contribution in [2.75, 3.05) is 27.3 Å². The molecule has 0 saturated heterocycles. The van der Waals surface area contributed by atoms with E-state index in [0.717, 1.165) is 24.0 Å². The third-order valence-corrected chi connectivity index (χ3v) is 4.21. The average molecular weight is 292 g/mol. The van der Waals surface area contributed by atoms with Crippen molar-refractivity contribution in [3.63, 3.8) is 0 Å². The molecule has 1 unspecified atom stereocenters. The number of hydrogen-bond acceptors (Lipinski definition) is 4.